The lowest BCUT2D eigenvalue weighted by Crippen LogP contribution is -2.31. The maximum Gasteiger partial charge on any atom is 0.123 e. The summed E-state index contributed by atoms with van der Waals surface area (Å²) in [5.74, 6) is 1.18. The van der Waals surface area contributed by atoms with Gasteiger partial charge in [0.2, 0.25) is 0 Å². The first kappa shape index (κ1) is 14.8. The zero-order valence-corrected chi connectivity index (χ0v) is 12.5. The molecular weight excluding hydrogens is 261 g/mol. The molecule has 3 heteroatoms. The van der Waals surface area contributed by atoms with E-state index in [0.29, 0.717) is 10.9 Å². The SMILES string of the molecule is CCNC(c1cc(F)ccc1Cl)C1CCC(C)CC1. The van der Waals surface area contributed by atoms with Crippen molar-refractivity contribution in [3.05, 3.63) is 34.6 Å². The molecule has 0 aromatic heterocycles. The maximum absolute atomic E-state index is 13.5. The largest absolute Gasteiger partial charge is 0.310 e. The molecular formula is C16H23ClFN. The highest BCUT2D eigenvalue weighted by atomic mass is 35.5. The fraction of sp³-hybridized carbons (Fsp3) is 0.625. The Morgan fingerprint density at radius 2 is 2.00 bits per heavy atom. The van der Waals surface area contributed by atoms with Gasteiger partial charge < -0.3 is 5.32 Å². The summed E-state index contributed by atoms with van der Waals surface area (Å²) in [4.78, 5) is 0. The first-order valence-corrected chi connectivity index (χ1v) is 7.68. The number of halogens is 2. The van der Waals surface area contributed by atoms with Gasteiger partial charge in [-0.05, 0) is 55.0 Å². The summed E-state index contributed by atoms with van der Waals surface area (Å²) in [5.41, 5.74) is 0.920. The highest BCUT2D eigenvalue weighted by molar-refractivity contribution is 6.31. The second-order valence-corrected chi connectivity index (χ2v) is 6.13. The molecule has 0 saturated heterocycles. The molecule has 106 valence electrons. The lowest BCUT2D eigenvalue weighted by Gasteiger charge is -2.34. The van der Waals surface area contributed by atoms with E-state index in [1.54, 1.807) is 12.1 Å². The van der Waals surface area contributed by atoms with Crippen LogP contribution in [0.3, 0.4) is 0 Å². The van der Waals surface area contributed by atoms with Crippen LogP contribution < -0.4 is 5.32 Å². The van der Waals surface area contributed by atoms with Gasteiger partial charge in [0.05, 0.1) is 0 Å². The topological polar surface area (TPSA) is 12.0 Å². The first-order chi connectivity index (χ1) is 9.11. The molecule has 2 rings (SSSR count). The van der Waals surface area contributed by atoms with E-state index in [-0.39, 0.29) is 11.9 Å². The molecule has 1 aromatic carbocycles. The van der Waals surface area contributed by atoms with Gasteiger partial charge in [0.1, 0.15) is 5.82 Å². The smallest absolute Gasteiger partial charge is 0.123 e. The Bertz CT molecular complexity index is 413. The molecule has 1 nitrogen and oxygen atoms in total. The van der Waals surface area contributed by atoms with E-state index in [9.17, 15) is 4.39 Å². The van der Waals surface area contributed by atoms with Crippen LogP contribution in [0.15, 0.2) is 18.2 Å². The summed E-state index contributed by atoms with van der Waals surface area (Å²) in [6.07, 6.45) is 4.93. The average Bonchev–Trinajstić information content (AvgIpc) is 2.40. The molecule has 19 heavy (non-hydrogen) atoms. The first-order valence-electron chi connectivity index (χ1n) is 7.30. The average molecular weight is 284 g/mol. The van der Waals surface area contributed by atoms with E-state index in [1.807, 2.05) is 0 Å². The van der Waals surface area contributed by atoms with Crippen molar-refractivity contribution in [3.8, 4) is 0 Å². The van der Waals surface area contributed by atoms with Crippen LogP contribution in [-0.2, 0) is 0 Å². The van der Waals surface area contributed by atoms with Crippen LogP contribution in [0.1, 0.15) is 51.1 Å². The highest BCUT2D eigenvalue weighted by Crippen LogP contribution is 2.38. The lowest BCUT2D eigenvalue weighted by atomic mass is 9.77. The van der Waals surface area contributed by atoms with E-state index < -0.39 is 0 Å². The Kier molecular flexibility index (Phi) is 5.23. The minimum atomic E-state index is -0.202. The third-order valence-electron chi connectivity index (χ3n) is 4.25. The van der Waals surface area contributed by atoms with Gasteiger partial charge >= 0.3 is 0 Å². The molecule has 0 amide bonds. The summed E-state index contributed by atoms with van der Waals surface area (Å²) in [6.45, 7) is 5.28. The van der Waals surface area contributed by atoms with E-state index >= 15 is 0 Å². The fourth-order valence-corrected chi connectivity index (χ4v) is 3.36. The van der Waals surface area contributed by atoms with Crippen molar-refractivity contribution in [2.24, 2.45) is 11.8 Å². The second kappa shape index (κ2) is 6.71. The van der Waals surface area contributed by atoms with Gasteiger partial charge in [-0.3, -0.25) is 0 Å². The molecule has 1 saturated carbocycles. The monoisotopic (exact) mass is 283 g/mol. The Morgan fingerprint density at radius 3 is 2.63 bits per heavy atom. The second-order valence-electron chi connectivity index (χ2n) is 5.72. The predicted molar refractivity (Wildman–Crippen MR) is 78.9 cm³/mol. The number of hydrogen-bond acceptors (Lipinski definition) is 1. The Balaban J connectivity index is 2.21. The van der Waals surface area contributed by atoms with Gasteiger partial charge in [-0.1, -0.05) is 38.3 Å². The number of hydrogen-bond donors (Lipinski definition) is 1. The molecule has 0 spiro atoms. The van der Waals surface area contributed by atoms with Crippen LogP contribution in [0.5, 0.6) is 0 Å². The molecule has 1 fully saturated rings. The Morgan fingerprint density at radius 1 is 1.32 bits per heavy atom. The molecule has 1 atom stereocenters. The van der Waals surface area contributed by atoms with Crippen molar-refractivity contribution in [2.75, 3.05) is 6.54 Å². The minimum absolute atomic E-state index is 0.181. The molecule has 0 radical (unpaired) electrons. The van der Waals surface area contributed by atoms with Crippen LogP contribution in [0, 0.1) is 17.7 Å². The van der Waals surface area contributed by atoms with Crippen LogP contribution in [0.25, 0.3) is 0 Å². The summed E-state index contributed by atoms with van der Waals surface area (Å²) < 4.78 is 13.5. The van der Waals surface area contributed by atoms with Crippen molar-refractivity contribution < 1.29 is 4.39 Å². The van der Waals surface area contributed by atoms with Gasteiger partial charge in [0.15, 0.2) is 0 Å². The summed E-state index contributed by atoms with van der Waals surface area (Å²) in [7, 11) is 0. The van der Waals surface area contributed by atoms with Gasteiger partial charge in [0, 0.05) is 11.1 Å². The number of benzene rings is 1. The molecule has 1 aromatic rings. The summed E-state index contributed by atoms with van der Waals surface area (Å²) in [5, 5.41) is 4.17. The Hall–Kier alpha value is -0.600. The van der Waals surface area contributed by atoms with Crippen molar-refractivity contribution in [3.63, 3.8) is 0 Å². The van der Waals surface area contributed by atoms with Gasteiger partial charge in [-0.2, -0.15) is 0 Å². The summed E-state index contributed by atoms with van der Waals surface area (Å²) in [6, 6.07) is 4.87. The number of rotatable bonds is 4. The van der Waals surface area contributed by atoms with Crippen molar-refractivity contribution in [2.45, 2.75) is 45.6 Å². The van der Waals surface area contributed by atoms with Crippen LogP contribution >= 0.6 is 11.6 Å². The third kappa shape index (κ3) is 3.70. The van der Waals surface area contributed by atoms with Crippen LogP contribution in [0.2, 0.25) is 5.02 Å². The number of nitrogens with one attached hydrogen (secondary N) is 1. The van der Waals surface area contributed by atoms with Gasteiger partial charge in [0.25, 0.3) is 0 Å². The van der Waals surface area contributed by atoms with Crippen molar-refractivity contribution in [1.82, 2.24) is 5.32 Å². The van der Waals surface area contributed by atoms with Crippen molar-refractivity contribution in [1.29, 1.82) is 0 Å². The van der Waals surface area contributed by atoms with Gasteiger partial charge in [-0.25, -0.2) is 4.39 Å². The molecule has 0 bridgehead atoms. The maximum atomic E-state index is 13.5. The quantitative estimate of drug-likeness (QED) is 0.824. The standard InChI is InChI=1S/C16H23ClFN/c1-3-19-16(12-6-4-11(2)5-7-12)14-10-13(18)8-9-15(14)17/h8-12,16,19H,3-7H2,1-2H3. The van der Waals surface area contributed by atoms with E-state index in [4.69, 9.17) is 11.6 Å². The van der Waals surface area contributed by atoms with Gasteiger partial charge in [-0.15, -0.1) is 0 Å². The van der Waals surface area contributed by atoms with E-state index in [1.165, 1.54) is 31.7 Å². The zero-order chi connectivity index (χ0) is 13.8. The molecule has 1 aliphatic rings. The zero-order valence-electron chi connectivity index (χ0n) is 11.8. The molecule has 1 N–H and O–H groups in total. The normalized spacial score (nSPS) is 25.3. The molecule has 1 unspecified atom stereocenters. The third-order valence-corrected chi connectivity index (χ3v) is 4.59. The molecule has 0 heterocycles. The van der Waals surface area contributed by atoms with E-state index in [2.05, 4.69) is 19.2 Å². The fourth-order valence-electron chi connectivity index (χ4n) is 3.12. The van der Waals surface area contributed by atoms with Crippen molar-refractivity contribution >= 4 is 11.6 Å². The highest BCUT2D eigenvalue weighted by Gasteiger charge is 2.28. The van der Waals surface area contributed by atoms with Crippen LogP contribution in [-0.4, -0.2) is 6.54 Å². The van der Waals surface area contributed by atoms with Crippen LogP contribution in [0.4, 0.5) is 4.39 Å². The molecule has 1 aliphatic carbocycles. The Labute approximate surface area is 120 Å². The van der Waals surface area contributed by atoms with E-state index in [0.717, 1.165) is 18.0 Å². The predicted octanol–water partition coefficient (Wildman–Crippen LogP) is 4.96. The summed E-state index contributed by atoms with van der Waals surface area (Å²) >= 11 is 6.27. The minimum Gasteiger partial charge on any atom is -0.310 e. The molecule has 0 aliphatic heterocycles. The lowest BCUT2D eigenvalue weighted by molar-refractivity contribution is 0.233.